The number of rotatable bonds is 12. The van der Waals surface area contributed by atoms with Crippen LogP contribution in [0.2, 0.25) is 0 Å². The van der Waals surface area contributed by atoms with Gasteiger partial charge >= 0.3 is 0 Å². The Labute approximate surface area is 249 Å². The molecule has 0 aliphatic carbocycles. The van der Waals surface area contributed by atoms with Crippen LogP contribution in [0.4, 0.5) is 0 Å². The molecule has 0 bridgehead atoms. The van der Waals surface area contributed by atoms with E-state index in [9.17, 15) is 14.4 Å². The minimum absolute atomic E-state index is 0.105. The van der Waals surface area contributed by atoms with Crippen LogP contribution in [-0.2, 0) is 16.2 Å². The number of nitrogens with one attached hydrogen (secondary N) is 2. The average Bonchev–Trinajstić information content (AvgIpc) is 3.27. The number of thiocarbonyl (C=S) groups is 1. The van der Waals surface area contributed by atoms with Gasteiger partial charge in [0.25, 0.3) is 11.8 Å². The molecular formula is C31H31N3O5S2. The van der Waals surface area contributed by atoms with Crippen LogP contribution in [0.3, 0.4) is 0 Å². The van der Waals surface area contributed by atoms with Crippen molar-refractivity contribution >= 4 is 52.1 Å². The van der Waals surface area contributed by atoms with Gasteiger partial charge in [0.1, 0.15) is 22.4 Å². The van der Waals surface area contributed by atoms with Crippen molar-refractivity contribution in [3.05, 3.63) is 100 Å². The van der Waals surface area contributed by atoms with Crippen molar-refractivity contribution < 1.29 is 23.9 Å². The van der Waals surface area contributed by atoms with Crippen molar-refractivity contribution in [1.29, 1.82) is 0 Å². The molecule has 3 aromatic rings. The highest BCUT2D eigenvalue weighted by atomic mass is 32.2. The van der Waals surface area contributed by atoms with Crippen LogP contribution in [0.15, 0.2) is 83.8 Å². The van der Waals surface area contributed by atoms with E-state index in [1.54, 1.807) is 36.3 Å². The summed E-state index contributed by atoms with van der Waals surface area (Å²) in [5.74, 6) is 0.599. The van der Waals surface area contributed by atoms with Gasteiger partial charge in [-0.25, -0.2) is 0 Å². The fourth-order valence-electron chi connectivity index (χ4n) is 3.98. The summed E-state index contributed by atoms with van der Waals surface area (Å²) in [7, 11) is 1.61. The zero-order valence-electron chi connectivity index (χ0n) is 22.6. The summed E-state index contributed by atoms with van der Waals surface area (Å²) in [6.07, 6.45) is 4.14. The minimum Gasteiger partial charge on any atom is -0.497 e. The summed E-state index contributed by atoms with van der Waals surface area (Å²) < 4.78 is 11.4. The normalized spacial score (nSPS) is 13.8. The molecule has 1 fully saturated rings. The fraction of sp³-hybridized carbons (Fsp3) is 0.226. The zero-order valence-corrected chi connectivity index (χ0v) is 24.3. The summed E-state index contributed by atoms with van der Waals surface area (Å²) >= 11 is 6.70. The van der Waals surface area contributed by atoms with Crippen LogP contribution in [0.25, 0.3) is 6.08 Å². The maximum absolute atomic E-state index is 12.8. The highest BCUT2D eigenvalue weighted by Gasteiger charge is 2.31. The Hall–Kier alpha value is -4.15. The lowest BCUT2D eigenvalue weighted by Gasteiger charge is -2.14. The van der Waals surface area contributed by atoms with Gasteiger partial charge in [0, 0.05) is 18.5 Å². The van der Waals surface area contributed by atoms with E-state index in [-0.39, 0.29) is 18.2 Å². The Balaban J connectivity index is 1.11. The van der Waals surface area contributed by atoms with Crippen LogP contribution in [-0.4, -0.2) is 40.6 Å². The number of nitrogens with zero attached hydrogens (tertiary/aromatic N) is 1. The quantitative estimate of drug-likeness (QED) is 0.125. The molecule has 1 aliphatic heterocycles. The van der Waals surface area contributed by atoms with E-state index < -0.39 is 5.91 Å². The van der Waals surface area contributed by atoms with E-state index in [1.165, 1.54) is 11.8 Å². The topological polar surface area (TPSA) is 97.0 Å². The van der Waals surface area contributed by atoms with Gasteiger partial charge in [0.15, 0.2) is 0 Å². The van der Waals surface area contributed by atoms with Crippen LogP contribution in [0, 0.1) is 0 Å². The van der Waals surface area contributed by atoms with Gasteiger partial charge in [-0.2, -0.15) is 0 Å². The Kier molecular flexibility index (Phi) is 10.9. The molecule has 1 aliphatic rings. The lowest BCUT2D eigenvalue weighted by molar-refractivity contribution is -0.123. The smallest absolute Gasteiger partial charge is 0.269 e. The molecule has 0 unspecified atom stereocenters. The van der Waals surface area contributed by atoms with Crippen LogP contribution < -0.4 is 20.3 Å². The number of amides is 3. The van der Waals surface area contributed by atoms with Crippen LogP contribution in [0.5, 0.6) is 11.5 Å². The molecule has 1 saturated heterocycles. The molecular weight excluding hydrogens is 558 g/mol. The highest BCUT2D eigenvalue weighted by molar-refractivity contribution is 8.26. The molecule has 1 heterocycles. The van der Waals surface area contributed by atoms with E-state index in [0.717, 1.165) is 23.3 Å². The standard InChI is InChI=1S/C31H31N3O5S2/c1-38-25-15-11-22(12-16-25)20-27-30(37)34(31(40)41-27)19-7-3-6-10-28(35)32-33-29(36)24-13-17-26(18-14-24)39-21-23-8-4-2-5-9-23/h2,4-5,8-9,11-18,20H,3,6-7,10,19,21H2,1H3,(H,32,35)(H,33,36). The van der Waals surface area contributed by atoms with E-state index in [4.69, 9.17) is 21.7 Å². The number of thioether (sulfide) groups is 1. The summed E-state index contributed by atoms with van der Waals surface area (Å²) in [6, 6.07) is 24.0. The number of hydrogen-bond acceptors (Lipinski definition) is 7. The first-order valence-electron chi connectivity index (χ1n) is 13.2. The molecule has 0 atom stereocenters. The monoisotopic (exact) mass is 589 g/mol. The highest BCUT2D eigenvalue weighted by Crippen LogP contribution is 2.33. The Morgan fingerprint density at radius 3 is 2.32 bits per heavy atom. The predicted octanol–water partition coefficient (Wildman–Crippen LogP) is 5.50. The lowest BCUT2D eigenvalue weighted by atomic mass is 10.1. The van der Waals surface area contributed by atoms with Crippen LogP contribution >= 0.6 is 24.0 Å². The van der Waals surface area contributed by atoms with Crippen molar-refractivity contribution in [2.24, 2.45) is 0 Å². The molecule has 3 aromatic carbocycles. The molecule has 8 nitrogen and oxygen atoms in total. The van der Waals surface area contributed by atoms with Gasteiger partial charge in [-0.3, -0.25) is 30.1 Å². The van der Waals surface area contributed by atoms with Crippen molar-refractivity contribution in [2.45, 2.75) is 32.3 Å². The number of hydrogen-bond donors (Lipinski definition) is 2. The first-order valence-corrected chi connectivity index (χ1v) is 14.4. The number of benzene rings is 3. The van der Waals surface area contributed by atoms with Gasteiger partial charge < -0.3 is 9.47 Å². The van der Waals surface area contributed by atoms with E-state index in [0.29, 0.717) is 46.5 Å². The molecule has 3 amide bonds. The summed E-state index contributed by atoms with van der Waals surface area (Å²) in [5.41, 5.74) is 7.24. The van der Waals surface area contributed by atoms with E-state index in [1.807, 2.05) is 60.7 Å². The molecule has 212 valence electrons. The summed E-state index contributed by atoms with van der Waals surface area (Å²) in [5, 5.41) is 0. The Morgan fingerprint density at radius 2 is 1.61 bits per heavy atom. The zero-order chi connectivity index (χ0) is 29.0. The molecule has 0 radical (unpaired) electrons. The van der Waals surface area contributed by atoms with Gasteiger partial charge in [-0.05, 0) is 66.4 Å². The minimum atomic E-state index is -0.412. The number of methoxy groups -OCH3 is 1. The predicted molar refractivity (Wildman–Crippen MR) is 164 cm³/mol. The summed E-state index contributed by atoms with van der Waals surface area (Å²) in [4.78, 5) is 39.5. The molecule has 2 N–H and O–H groups in total. The summed E-state index contributed by atoms with van der Waals surface area (Å²) in [6.45, 7) is 0.930. The maximum Gasteiger partial charge on any atom is 0.269 e. The maximum atomic E-state index is 12.8. The molecule has 0 saturated carbocycles. The van der Waals surface area contributed by atoms with E-state index in [2.05, 4.69) is 10.9 Å². The third-order valence-electron chi connectivity index (χ3n) is 6.25. The number of carbonyl (C=O) groups is 3. The largest absolute Gasteiger partial charge is 0.497 e. The Bertz CT molecular complexity index is 1390. The van der Waals surface area contributed by atoms with Crippen molar-refractivity contribution in [1.82, 2.24) is 15.8 Å². The molecule has 10 heteroatoms. The lowest BCUT2D eigenvalue weighted by Crippen LogP contribution is -2.41. The molecule has 0 aromatic heterocycles. The van der Waals surface area contributed by atoms with Crippen molar-refractivity contribution in [3.63, 3.8) is 0 Å². The molecule has 4 rings (SSSR count). The third kappa shape index (κ3) is 8.92. The first-order chi connectivity index (χ1) is 19.9. The van der Waals surface area contributed by atoms with Gasteiger partial charge in [0.05, 0.1) is 12.0 Å². The second kappa shape index (κ2) is 15.0. The third-order valence-corrected chi connectivity index (χ3v) is 7.63. The van der Waals surface area contributed by atoms with Crippen molar-refractivity contribution in [3.8, 4) is 11.5 Å². The Morgan fingerprint density at radius 1 is 0.902 bits per heavy atom. The average molecular weight is 590 g/mol. The van der Waals surface area contributed by atoms with Gasteiger partial charge in [0.2, 0.25) is 5.91 Å². The molecule has 0 spiro atoms. The number of unbranched alkanes of at least 4 members (excludes halogenated alkanes) is 2. The first kappa shape index (κ1) is 29.8. The second-order valence-corrected chi connectivity index (χ2v) is 10.9. The van der Waals surface area contributed by atoms with Gasteiger partial charge in [-0.15, -0.1) is 0 Å². The number of ether oxygens (including phenoxy) is 2. The molecule has 41 heavy (non-hydrogen) atoms. The number of hydrazine groups is 1. The second-order valence-electron chi connectivity index (χ2n) is 9.22. The van der Waals surface area contributed by atoms with Gasteiger partial charge in [-0.1, -0.05) is 72.9 Å². The SMILES string of the molecule is COc1ccc(C=C2SC(=S)N(CCCCCC(=O)NNC(=O)c3ccc(OCc4ccccc4)cc3)C2=O)cc1. The number of carbonyl (C=O) groups excluding carboxylic acids is 3. The van der Waals surface area contributed by atoms with Crippen LogP contribution in [0.1, 0.15) is 47.2 Å². The fourth-order valence-corrected chi connectivity index (χ4v) is 5.29. The van der Waals surface area contributed by atoms with Crippen molar-refractivity contribution in [2.75, 3.05) is 13.7 Å². The van der Waals surface area contributed by atoms with E-state index >= 15 is 0 Å².